The molecule has 0 amide bonds. The molecule has 0 aliphatic heterocycles. The Morgan fingerprint density at radius 1 is 1.33 bits per heavy atom. The number of rotatable bonds is 3. The van der Waals surface area contributed by atoms with Gasteiger partial charge in [-0.15, -0.1) is 0 Å². The molecule has 1 fully saturated rings. The monoisotopic (exact) mass is 207 g/mol. The van der Waals surface area contributed by atoms with E-state index >= 15 is 0 Å². The van der Waals surface area contributed by atoms with Crippen molar-refractivity contribution in [2.75, 3.05) is 0 Å². The molecular formula is C13H18FN. The van der Waals surface area contributed by atoms with Crippen LogP contribution in [0, 0.1) is 11.7 Å². The molecule has 1 N–H and O–H groups in total. The second-order valence-corrected chi connectivity index (χ2v) is 4.49. The molecule has 1 aliphatic rings. The second kappa shape index (κ2) is 4.75. The maximum Gasteiger partial charge on any atom is 0.127 e. The molecule has 0 spiro atoms. The van der Waals surface area contributed by atoms with Gasteiger partial charge in [-0.25, -0.2) is 4.39 Å². The largest absolute Gasteiger partial charge is 0.310 e. The average Bonchev–Trinajstić information content (AvgIpc) is 2.63. The van der Waals surface area contributed by atoms with Gasteiger partial charge in [-0.2, -0.15) is 0 Å². The summed E-state index contributed by atoms with van der Waals surface area (Å²) < 4.78 is 13.3. The number of nitrogens with one attached hydrogen (secondary N) is 1. The summed E-state index contributed by atoms with van der Waals surface area (Å²) >= 11 is 0. The molecule has 0 saturated heterocycles. The van der Waals surface area contributed by atoms with Crippen LogP contribution in [0.1, 0.15) is 31.7 Å². The Bertz CT molecular complexity index is 324. The van der Waals surface area contributed by atoms with Crippen molar-refractivity contribution in [2.24, 2.45) is 5.92 Å². The molecule has 15 heavy (non-hydrogen) atoms. The van der Waals surface area contributed by atoms with Crippen molar-refractivity contribution in [3.63, 3.8) is 0 Å². The highest BCUT2D eigenvalue weighted by atomic mass is 19.1. The molecule has 2 atom stereocenters. The fraction of sp³-hybridized carbons (Fsp3) is 0.538. The number of benzene rings is 1. The lowest BCUT2D eigenvalue weighted by atomic mass is 10.1. The molecule has 0 radical (unpaired) electrons. The van der Waals surface area contributed by atoms with Crippen LogP contribution in [0.25, 0.3) is 0 Å². The number of halogens is 1. The Morgan fingerprint density at radius 3 is 2.80 bits per heavy atom. The maximum atomic E-state index is 13.3. The molecule has 0 aromatic heterocycles. The Morgan fingerprint density at radius 2 is 2.13 bits per heavy atom. The van der Waals surface area contributed by atoms with Crippen LogP contribution in [0.3, 0.4) is 0 Å². The third-order valence-electron chi connectivity index (χ3n) is 3.37. The Kier molecular flexibility index (Phi) is 3.37. The summed E-state index contributed by atoms with van der Waals surface area (Å²) in [5.74, 6) is 0.632. The van der Waals surface area contributed by atoms with Crippen LogP contribution in [0.2, 0.25) is 0 Å². The molecule has 0 unspecified atom stereocenters. The predicted molar refractivity (Wildman–Crippen MR) is 60.0 cm³/mol. The van der Waals surface area contributed by atoms with Crippen LogP contribution in [-0.4, -0.2) is 6.04 Å². The van der Waals surface area contributed by atoms with Crippen molar-refractivity contribution < 1.29 is 4.39 Å². The van der Waals surface area contributed by atoms with Crippen LogP contribution in [-0.2, 0) is 6.54 Å². The molecule has 1 aromatic rings. The van der Waals surface area contributed by atoms with E-state index in [0.717, 1.165) is 11.5 Å². The Labute approximate surface area is 90.7 Å². The lowest BCUT2D eigenvalue weighted by Crippen LogP contribution is -2.30. The van der Waals surface area contributed by atoms with E-state index in [9.17, 15) is 4.39 Å². The molecule has 82 valence electrons. The topological polar surface area (TPSA) is 12.0 Å². The van der Waals surface area contributed by atoms with Crippen molar-refractivity contribution >= 4 is 0 Å². The van der Waals surface area contributed by atoms with Gasteiger partial charge in [-0.1, -0.05) is 31.5 Å². The van der Waals surface area contributed by atoms with Gasteiger partial charge in [0.05, 0.1) is 0 Å². The number of hydrogen-bond acceptors (Lipinski definition) is 1. The first kappa shape index (κ1) is 10.6. The summed E-state index contributed by atoms with van der Waals surface area (Å²) in [6.07, 6.45) is 3.83. The third kappa shape index (κ3) is 2.57. The molecule has 1 aromatic carbocycles. The average molecular weight is 207 g/mol. The maximum absolute atomic E-state index is 13.3. The van der Waals surface area contributed by atoms with Gasteiger partial charge in [0.15, 0.2) is 0 Å². The minimum absolute atomic E-state index is 0.101. The van der Waals surface area contributed by atoms with Crippen molar-refractivity contribution in [3.05, 3.63) is 35.6 Å². The minimum Gasteiger partial charge on any atom is -0.310 e. The van der Waals surface area contributed by atoms with Crippen LogP contribution in [0.4, 0.5) is 4.39 Å². The van der Waals surface area contributed by atoms with E-state index in [1.54, 1.807) is 6.07 Å². The van der Waals surface area contributed by atoms with E-state index in [2.05, 4.69) is 12.2 Å². The van der Waals surface area contributed by atoms with Crippen LogP contribution in [0.15, 0.2) is 24.3 Å². The number of hydrogen-bond donors (Lipinski definition) is 1. The van der Waals surface area contributed by atoms with E-state index in [0.29, 0.717) is 12.6 Å². The fourth-order valence-corrected chi connectivity index (χ4v) is 2.33. The standard InChI is InChI=1S/C13H18FN/c1-10-5-4-8-13(10)15-9-11-6-2-3-7-12(11)14/h2-3,6-7,10,13,15H,4-5,8-9H2,1H3/t10-,13-/m0/s1. The van der Waals surface area contributed by atoms with Gasteiger partial charge in [0.1, 0.15) is 5.82 Å². The molecular weight excluding hydrogens is 189 g/mol. The van der Waals surface area contributed by atoms with Crippen LogP contribution < -0.4 is 5.32 Å². The lowest BCUT2D eigenvalue weighted by molar-refractivity contribution is 0.421. The summed E-state index contributed by atoms with van der Waals surface area (Å²) in [4.78, 5) is 0. The SMILES string of the molecule is C[C@H]1CCC[C@@H]1NCc1ccccc1F. The van der Waals surface area contributed by atoms with Gasteiger partial charge in [0, 0.05) is 18.2 Å². The highest BCUT2D eigenvalue weighted by Gasteiger charge is 2.22. The van der Waals surface area contributed by atoms with Gasteiger partial charge >= 0.3 is 0 Å². The van der Waals surface area contributed by atoms with Gasteiger partial charge in [-0.3, -0.25) is 0 Å². The first-order valence-corrected chi connectivity index (χ1v) is 5.74. The first-order valence-electron chi connectivity index (χ1n) is 5.74. The van der Waals surface area contributed by atoms with Crippen molar-refractivity contribution in [1.82, 2.24) is 5.32 Å². The summed E-state index contributed by atoms with van der Waals surface area (Å²) in [7, 11) is 0. The predicted octanol–water partition coefficient (Wildman–Crippen LogP) is 3.10. The molecule has 1 nitrogen and oxygen atoms in total. The first-order chi connectivity index (χ1) is 7.27. The zero-order chi connectivity index (χ0) is 10.7. The van der Waals surface area contributed by atoms with Crippen molar-refractivity contribution in [1.29, 1.82) is 0 Å². The van der Waals surface area contributed by atoms with E-state index < -0.39 is 0 Å². The van der Waals surface area contributed by atoms with E-state index in [-0.39, 0.29) is 5.82 Å². The van der Waals surface area contributed by atoms with Crippen LogP contribution >= 0.6 is 0 Å². The fourth-order valence-electron chi connectivity index (χ4n) is 2.33. The molecule has 1 saturated carbocycles. The van der Waals surface area contributed by atoms with E-state index in [1.807, 2.05) is 12.1 Å². The Balaban J connectivity index is 1.90. The zero-order valence-corrected chi connectivity index (χ0v) is 9.17. The normalized spacial score (nSPS) is 25.7. The third-order valence-corrected chi connectivity index (χ3v) is 3.37. The van der Waals surface area contributed by atoms with Crippen LogP contribution in [0.5, 0.6) is 0 Å². The van der Waals surface area contributed by atoms with Crippen molar-refractivity contribution in [2.45, 2.75) is 38.8 Å². The van der Waals surface area contributed by atoms with Gasteiger partial charge in [0.2, 0.25) is 0 Å². The smallest absolute Gasteiger partial charge is 0.127 e. The highest BCUT2D eigenvalue weighted by molar-refractivity contribution is 5.17. The lowest BCUT2D eigenvalue weighted by Gasteiger charge is -2.17. The van der Waals surface area contributed by atoms with E-state index in [4.69, 9.17) is 0 Å². The van der Waals surface area contributed by atoms with Gasteiger partial charge < -0.3 is 5.32 Å². The quantitative estimate of drug-likeness (QED) is 0.803. The Hall–Kier alpha value is -0.890. The van der Waals surface area contributed by atoms with Gasteiger partial charge in [0.25, 0.3) is 0 Å². The van der Waals surface area contributed by atoms with Crippen molar-refractivity contribution in [3.8, 4) is 0 Å². The summed E-state index contributed by atoms with van der Waals surface area (Å²) in [5.41, 5.74) is 0.775. The summed E-state index contributed by atoms with van der Waals surface area (Å²) in [6.45, 7) is 2.92. The summed E-state index contributed by atoms with van der Waals surface area (Å²) in [6, 6.07) is 7.57. The highest BCUT2D eigenvalue weighted by Crippen LogP contribution is 2.25. The zero-order valence-electron chi connectivity index (χ0n) is 9.17. The molecule has 0 bridgehead atoms. The molecule has 2 rings (SSSR count). The second-order valence-electron chi connectivity index (χ2n) is 4.49. The molecule has 1 aliphatic carbocycles. The van der Waals surface area contributed by atoms with E-state index in [1.165, 1.54) is 25.3 Å². The molecule has 0 heterocycles. The van der Waals surface area contributed by atoms with Gasteiger partial charge in [-0.05, 0) is 24.8 Å². The molecule has 2 heteroatoms. The minimum atomic E-state index is -0.101. The summed E-state index contributed by atoms with van der Waals surface area (Å²) in [5, 5.41) is 3.45.